The molecule has 23 heavy (non-hydrogen) atoms. The van der Waals surface area contributed by atoms with Crippen molar-refractivity contribution in [1.82, 2.24) is 20.2 Å². The summed E-state index contributed by atoms with van der Waals surface area (Å²) in [6.45, 7) is 0. The molecule has 0 bridgehead atoms. The van der Waals surface area contributed by atoms with Crippen LogP contribution in [0.4, 0.5) is 5.69 Å². The summed E-state index contributed by atoms with van der Waals surface area (Å²) in [5, 5.41) is 10.4. The van der Waals surface area contributed by atoms with E-state index in [4.69, 9.17) is 9.15 Å². The van der Waals surface area contributed by atoms with Gasteiger partial charge in [0.25, 0.3) is 5.89 Å². The molecular formula is C15H13N5O3. The molecule has 3 rings (SSSR count). The zero-order valence-electron chi connectivity index (χ0n) is 12.3. The SMILES string of the molecule is COc1ccccc1NC(=O)Cc1nnc(-c2cnccn2)o1. The van der Waals surface area contributed by atoms with E-state index in [0.717, 1.165) is 0 Å². The van der Waals surface area contributed by atoms with Crippen LogP contribution in [-0.4, -0.2) is 33.2 Å². The molecule has 1 amide bonds. The highest BCUT2D eigenvalue weighted by molar-refractivity contribution is 5.93. The third-order valence-electron chi connectivity index (χ3n) is 2.94. The van der Waals surface area contributed by atoms with Crippen molar-refractivity contribution in [2.75, 3.05) is 12.4 Å². The fourth-order valence-electron chi connectivity index (χ4n) is 1.92. The van der Waals surface area contributed by atoms with E-state index < -0.39 is 0 Å². The molecule has 0 saturated heterocycles. The van der Waals surface area contributed by atoms with E-state index in [1.165, 1.54) is 19.5 Å². The summed E-state index contributed by atoms with van der Waals surface area (Å²) in [6.07, 6.45) is 4.52. The lowest BCUT2D eigenvalue weighted by Crippen LogP contribution is -2.15. The largest absolute Gasteiger partial charge is 0.495 e. The first-order valence-electron chi connectivity index (χ1n) is 6.78. The molecule has 0 aliphatic heterocycles. The highest BCUT2D eigenvalue weighted by Gasteiger charge is 2.14. The molecule has 8 heteroatoms. The third-order valence-corrected chi connectivity index (χ3v) is 2.94. The molecule has 2 heterocycles. The van der Waals surface area contributed by atoms with Gasteiger partial charge in [0.15, 0.2) is 0 Å². The number of para-hydroxylation sites is 2. The van der Waals surface area contributed by atoms with Crippen LogP contribution in [0.3, 0.4) is 0 Å². The second-order valence-corrected chi connectivity index (χ2v) is 4.52. The Bertz CT molecular complexity index is 804. The minimum Gasteiger partial charge on any atom is -0.495 e. The van der Waals surface area contributed by atoms with E-state index >= 15 is 0 Å². The van der Waals surface area contributed by atoms with Crippen molar-refractivity contribution in [2.45, 2.75) is 6.42 Å². The van der Waals surface area contributed by atoms with Gasteiger partial charge in [-0.2, -0.15) is 0 Å². The lowest BCUT2D eigenvalue weighted by molar-refractivity contribution is -0.115. The molecule has 0 fully saturated rings. The van der Waals surface area contributed by atoms with Crippen LogP contribution in [0.2, 0.25) is 0 Å². The van der Waals surface area contributed by atoms with E-state index in [-0.39, 0.29) is 24.1 Å². The Labute approximate surface area is 131 Å². The topological polar surface area (TPSA) is 103 Å². The minimum absolute atomic E-state index is 0.0503. The second kappa shape index (κ2) is 6.65. The lowest BCUT2D eigenvalue weighted by atomic mass is 10.3. The number of amides is 1. The first-order chi connectivity index (χ1) is 11.3. The van der Waals surface area contributed by atoms with Gasteiger partial charge in [-0.15, -0.1) is 10.2 Å². The summed E-state index contributed by atoms with van der Waals surface area (Å²) >= 11 is 0. The first kappa shape index (κ1) is 14.6. The van der Waals surface area contributed by atoms with Crippen LogP contribution in [0.15, 0.2) is 47.3 Å². The molecule has 1 aromatic carbocycles. The normalized spacial score (nSPS) is 10.3. The maximum atomic E-state index is 12.1. The van der Waals surface area contributed by atoms with Gasteiger partial charge < -0.3 is 14.5 Å². The molecule has 1 N–H and O–H groups in total. The van der Waals surface area contributed by atoms with Crippen LogP contribution in [0.1, 0.15) is 5.89 Å². The third kappa shape index (κ3) is 3.49. The quantitative estimate of drug-likeness (QED) is 0.765. The molecule has 0 aliphatic rings. The molecule has 116 valence electrons. The molecule has 0 spiro atoms. The summed E-state index contributed by atoms with van der Waals surface area (Å²) in [7, 11) is 1.54. The number of carbonyl (C=O) groups excluding carboxylic acids is 1. The first-order valence-corrected chi connectivity index (χ1v) is 6.78. The molecule has 3 aromatic rings. The number of nitrogens with zero attached hydrogens (tertiary/aromatic N) is 4. The molecule has 0 aliphatic carbocycles. The van der Waals surface area contributed by atoms with Crippen molar-refractivity contribution in [3.63, 3.8) is 0 Å². The number of rotatable bonds is 5. The van der Waals surface area contributed by atoms with Gasteiger partial charge in [-0.05, 0) is 12.1 Å². The summed E-state index contributed by atoms with van der Waals surface area (Å²) < 4.78 is 10.6. The summed E-state index contributed by atoms with van der Waals surface area (Å²) in [4.78, 5) is 20.1. The number of methoxy groups -OCH3 is 1. The fourth-order valence-corrected chi connectivity index (χ4v) is 1.92. The van der Waals surface area contributed by atoms with Gasteiger partial charge in [0.05, 0.1) is 19.0 Å². The van der Waals surface area contributed by atoms with Gasteiger partial charge in [0.1, 0.15) is 17.9 Å². The summed E-state index contributed by atoms with van der Waals surface area (Å²) in [6, 6.07) is 7.13. The number of nitrogens with one attached hydrogen (secondary N) is 1. The molecule has 8 nitrogen and oxygen atoms in total. The molecule has 0 saturated carbocycles. The average molecular weight is 311 g/mol. The number of hydrogen-bond acceptors (Lipinski definition) is 7. The Morgan fingerprint density at radius 1 is 1.26 bits per heavy atom. The number of aromatic nitrogens is 4. The van der Waals surface area contributed by atoms with E-state index in [1.54, 1.807) is 24.4 Å². The Morgan fingerprint density at radius 2 is 2.13 bits per heavy atom. The zero-order valence-corrected chi connectivity index (χ0v) is 12.3. The Hall–Kier alpha value is -3.29. The van der Waals surface area contributed by atoms with Gasteiger partial charge in [0, 0.05) is 12.4 Å². The number of anilines is 1. The predicted octanol–water partition coefficient (Wildman–Crippen LogP) is 1.72. The van der Waals surface area contributed by atoms with Gasteiger partial charge >= 0.3 is 0 Å². The standard InChI is InChI=1S/C15H13N5O3/c1-22-12-5-3-2-4-10(12)18-13(21)8-14-19-20-15(23-14)11-9-16-6-7-17-11/h2-7,9H,8H2,1H3,(H,18,21). The van der Waals surface area contributed by atoms with Crippen LogP contribution >= 0.6 is 0 Å². The Kier molecular flexibility index (Phi) is 4.23. The van der Waals surface area contributed by atoms with Crippen molar-refractivity contribution in [3.8, 4) is 17.3 Å². The number of ether oxygens (including phenoxy) is 1. The number of carbonyl (C=O) groups is 1. The average Bonchev–Trinajstić information content (AvgIpc) is 3.04. The van der Waals surface area contributed by atoms with Crippen LogP contribution in [0, 0.1) is 0 Å². The van der Waals surface area contributed by atoms with Gasteiger partial charge in [0.2, 0.25) is 11.8 Å². The molecule has 0 radical (unpaired) electrons. The fraction of sp³-hybridized carbons (Fsp3) is 0.133. The maximum Gasteiger partial charge on any atom is 0.267 e. The lowest BCUT2D eigenvalue weighted by Gasteiger charge is -2.08. The second-order valence-electron chi connectivity index (χ2n) is 4.52. The van der Waals surface area contributed by atoms with Crippen LogP contribution < -0.4 is 10.1 Å². The highest BCUT2D eigenvalue weighted by atomic mass is 16.5. The van der Waals surface area contributed by atoms with Crippen LogP contribution in [0.25, 0.3) is 11.6 Å². The molecule has 2 aromatic heterocycles. The van der Waals surface area contributed by atoms with Crippen molar-refractivity contribution in [3.05, 3.63) is 48.7 Å². The van der Waals surface area contributed by atoms with Gasteiger partial charge in [-0.25, -0.2) is 4.98 Å². The molecular weight excluding hydrogens is 298 g/mol. The van der Waals surface area contributed by atoms with Crippen molar-refractivity contribution >= 4 is 11.6 Å². The minimum atomic E-state index is -0.288. The van der Waals surface area contributed by atoms with Gasteiger partial charge in [-0.3, -0.25) is 9.78 Å². The molecule has 0 atom stereocenters. The molecule has 0 unspecified atom stereocenters. The zero-order chi connectivity index (χ0) is 16.1. The van der Waals surface area contributed by atoms with E-state index in [2.05, 4.69) is 25.5 Å². The highest BCUT2D eigenvalue weighted by Crippen LogP contribution is 2.23. The Morgan fingerprint density at radius 3 is 2.91 bits per heavy atom. The van der Waals surface area contributed by atoms with E-state index in [1.807, 2.05) is 6.07 Å². The van der Waals surface area contributed by atoms with E-state index in [0.29, 0.717) is 17.1 Å². The summed E-state index contributed by atoms with van der Waals surface area (Å²) in [5.74, 6) is 0.701. The van der Waals surface area contributed by atoms with E-state index in [9.17, 15) is 4.79 Å². The van der Waals surface area contributed by atoms with Crippen molar-refractivity contribution in [2.24, 2.45) is 0 Å². The van der Waals surface area contributed by atoms with Crippen LogP contribution in [-0.2, 0) is 11.2 Å². The number of benzene rings is 1. The monoisotopic (exact) mass is 311 g/mol. The smallest absolute Gasteiger partial charge is 0.267 e. The van der Waals surface area contributed by atoms with Crippen molar-refractivity contribution in [1.29, 1.82) is 0 Å². The summed E-state index contributed by atoms with van der Waals surface area (Å²) in [5.41, 5.74) is 1.03. The van der Waals surface area contributed by atoms with Crippen LogP contribution in [0.5, 0.6) is 5.75 Å². The van der Waals surface area contributed by atoms with Crippen molar-refractivity contribution < 1.29 is 13.9 Å². The Balaban J connectivity index is 1.68. The number of hydrogen-bond donors (Lipinski definition) is 1. The maximum absolute atomic E-state index is 12.1. The predicted molar refractivity (Wildman–Crippen MR) is 80.7 cm³/mol. The van der Waals surface area contributed by atoms with Gasteiger partial charge in [-0.1, -0.05) is 12.1 Å².